The van der Waals surface area contributed by atoms with Gasteiger partial charge in [-0.05, 0) is 63.6 Å². The Balaban J connectivity index is 2.30. The molecule has 0 N–H and O–H groups in total. The Kier molecular flexibility index (Phi) is 5.22. The molecule has 0 saturated carbocycles. The number of aryl methyl sites for hydroxylation is 2. The fraction of sp³-hybridized carbons (Fsp3) is 0.238. The average Bonchev–Trinajstić information content (AvgIpc) is 2.53. The number of carbonyl (C=O) groups is 1. The van der Waals surface area contributed by atoms with Crippen molar-refractivity contribution < 1.29 is 9.53 Å². The summed E-state index contributed by atoms with van der Waals surface area (Å²) in [5.74, 6) is -0.372. The smallest absolute Gasteiger partial charge is 0.339 e. The van der Waals surface area contributed by atoms with E-state index in [9.17, 15) is 4.79 Å². The highest BCUT2D eigenvalue weighted by atomic mass is 35.5. The van der Waals surface area contributed by atoms with Crippen molar-refractivity contribution in [2.24, 2.45) is 0 Å². The largest absolute Gasteiger partial charge is 0.459 e. The molecule has 0 unspecified atom stereocenters. The van der Waals surface area contributed by atoms with Crippen molar-refractivity contribution in [3.8, 4) is 11.3 Å². The van der Waals surface area contributed by atoms with E-state index in [0.717, 1.165) is 27.6 Å². The maximum atomic E-state index is 12.7. The van der Waals surface area contributed by atoms with Gasteiger partial charge >= 0.3 is 5.97 Å². The van der Waals surface area contributed by atoms with Crippen LogP contribution < -0.4 is 0 Å². The predicted octanol–water partition coefficient (Wildman–Crippen LogP) is 6.39. The number of halogens is 2. The van der Waals surface area contributed by atoms with Gasteiger partial charge in [-0.1, -0.05) is 34.8 Å². The molecule has 26 heavy (non-hydrogen) atoms. The second kappa shape index (κ2) is 7.26. The highest BCUT2D eigenvalue weighted by Gasteiger charge is 2.18. The molecular formula is C21H19Cl2NO2. The molecule has 0 saturated heterocycles. The SMILES string of the molecule is Cc1cc(C)c2nc(-c3ccc(Cl)cc3Cl)cc(C(=O)OC(C)C)c2c1. The molecule has 0 radical (unpaired) electrons. The zero-order chi connectivity index (χ0) is 19.0. The Hall–Kier alpha value is -2.10. The maximum Gasteiger partial charge on any atom is 0.339 e. The highest BCUT2D eigenvalue weighted by molar-refractivity contribution is 6.36. The molecule has 2 aromatic carbocycles. The van der Waals surface area contributed by atoms with Crippen LogP contribution in [0, 0.1) is 13.8 Å². The first kappa shape index (κ1) is 18.7. The number of pyridine rings is 1. The zero-order valence-electron chi connectivity index (χ0n) is 15.1. The molecule has 5 heteroatoms. The number of esters is 1. The van der Waals surface area contributed by atoms with Crippen LogP contribution >= 0.6 is 23.2 Å². The second-order valence-corrected chi connectivity index (χ2v) is 7.45. The van der Waals surface area contributed by atoms with Gasteiger partial charge in [-0.25, -0.2) is 9.78 Å². The van der Waals surface area contributed by atoms with Gasteiger partial charge in [-0.15, -0.1) is 0 Å². The van der Waals surface area contributed by atoms with Gasteiger partial charge in [0.25, 0.3) is 0 Å². The van der Waals surface area contributed by atoms with Crippen molar-refractivity contribution in [1.29, 1.82) is 0 Å². The van der Waals surface area contributed by atoms with Crippen LogP contribution in [-0.2, 0) is 4.74 Å². The molecule has 0 amide bonds. The van der Waals surface area contributed by atoms with Gasteiger partial charge in [0.15, 0.2) is 0 Å². The summed E-state index contributed by atoms with van der Waals surface area (Å²) in [6.07, 6.45) is -0.209. The number of ether oxygens (including phenoxy) is 1. The summed E-state index contributed by atoms with van der Waals surface area (Å²) in [6, 6.07) is 11.0. The molecule has 0 aliphatic rings. The Morgan fingerprint density at radius 2 is 1.81 bits per heavy atom. The first-order valence-corrected chi connectivity index (χ1v) is 9.10. The predicted molar refractivity (Wildman–Crippen MR) is 107 cm³/mol. The van der Waals surface area contributed by atoms with Crippen LogP contribution in [-0.4, -0.2) is 17.1 Å². The number of hydrogen-bond donors (Lipinski definition) is 0. The van der Waals surface area contributed by atoms with Crippen LogP contribution in [0.15, 0.2) is 36.4 Å². The van der Waals surface area contributed by atoms with E-state index in [1.54, 1.807) is 24.3 Å². The molecule has 0 aliphatic carbocycles. The van der Waals surface area contributed by atoms with Crippen molar-refractivity contribution in [3.63, 3.8) is 0 Å². The molecule has 3 aromatic rings. The molecule has 0 spiro atoms. The lowest BCUT2D eigenvalue weighted by molar-refractivity contribution is 0.0380. The number of carbonyl (C=O) groups excluding carboxylic acids is 1. The third-order valence-electron chi connectivity index (χ3n) is 4.02. The number of hydrogen-bond acceptors (Lipinski definition) is 3. The Morgan fingerprint density at radius 1 is 1.08 bits per heavy atom. The van der Waals surface area contributed by atoms with E-state index in [1.165, 1.54) is 0 Å². The fourth-order valence-electron chi connectivity index (χ4n) is 2.96. The van der Waals surface area contributed by atoms with E-state index in [4.69, 9.17) is 32.9 Å². The van der Waals surface area contributed by atoms with Gasteiger partial charge in [0.05, 0.1) is 27.9 Å². The molecule has 0 bridgehead atoms. The second-order valence-electron chi connectivity index (χ2n) is 6.61. The summed E-state index contributed by atoms with van der Waals surface area (Å²) in [5, 5.41) is 1.81. The normalized spacial score (nSPS) is 11.2. The minimum atomic E-state index is -0.372. The van der Waals surface area contributed by atoms with Crippen LogP contribution in [0.4, 0.5) is 0 Å². The van der Waals surface area contributed by atoms with Crippen molar-refractivity contribution in [1.82, 2.24) is 4.98 Å². The molecule has 1 heterocycles. The van der Waals surface area contributed by atoms with Crippen LogP contribution in [0.5, 0.6) is 0 Å². The third-order valence-corrected chi connectivity index (χ3v) is 4.57. The van der Waals surface area contributed by atoms with E-state index in [-0.39, 0.29) is 12.1 Å². The summed E-state index contributed by atoms with van der Waals surface area (Å²) in [4.78, 5) is 17.5. The quantitative estimate of drug-likeness (QED) is 0.488. The number of aromatic nitrogens is 1. The minimum absolute atomic E-state index is 0.209. The highest BCUT2D eigenvalue weighted by Crippen LogP contribution is 2.33. The molecule has 0 fully saturated rings. The first-order chi connectivity index (χ1) is 12.3. The van der Waals surface area contributed by atoms with Crippen molar-refractivity contribution in [2.45, 2.75) is 33.8 Å². The van der Waals surface area contributed by atoms with Crippen LogP contribution in [0.25, 0.3) is 22.2 Å². The molecule has 3 rings (SSSR count). The third kappa shape index (κ3) is 3.69. The van der Waals surface area contributed by atoms with E-state index < -0.39 is 0 Å². The lowest BCUT2D eigenvalue weighted by Gasteiger charge is -2.14. The van der Waals surface area contributed by atoms with E-state index >= 15 is 0 Å². The number of fused-ring (bicyclic) bond motifs is 1. The van der Waals surface area contributed by atoms with E-state index in [1.807, 2.05) is 39.8 Å². The number of benzene rings is 2. The van der Waals surface area contributed by atoms with Gasteiger partial charge in [-0.3, -0.25) is 0 Å². The van der Waals surface area contributed by atoms with Gasteiger partial charge in [-0.2, -0.15) is 0 Å². The molecular weight excluding hydrogens is 369 g/mol. The van der Waals surface area contributed by atoms with Crippen LogP contribution in [0.1, 0.15) is 35.3 Å². The molecule has 0 aliphatic heterocycles. The van der Waals surface area contributed by atoms with E-state index in [2.05, 4.69) is 0 Å². The van der Waals surface area contributed by atoms with Gasteiger partial charge in [0.1, 0.15) is 0 Å². The van der Waals surface area contributed by atoms with Gasteiger partial charge in [0.2, 0.25) is 0 Å². The minimum Gasteiger partial charge on any atom is -0.459 e. The molecule has 3 nitrogen and oxygen atoms in total. The summed E-state index contributed by atoms with van der Waals surface area (Å²) < 4.78 is 5.44. The average molecular weight is 388 g/mol. The fourth-order valence-corrected chi connectivity index (χ4v) is 3.47. The zero-order valence-corrected chi connectivity index (χ0v) is 16.6. The monoisotopic (exact) mass is 387 g/mol. The standard InChI is InChI=1S/C21H19Cl2NO2/c1-11(2)26-21(25)17-10-19(15-6-5-14(22)9-18(15)23)24-20-13(4)7-12(3)8-16(17)20/h5-11H,1-4H3. The van der Waals surface area contributed by atoms with Crippen molar-refractivity contribution >= 4 is 40.1 Å². The first-order valence-electron chi connectivity index (χ1n) is 8.34. The van der Waals surface area contributed by atoms with Gasteiger partial charge < -0.3 is 4.74 Å². The van der Waals surface area contributed by atoms with Crippen molar-refractivity contribution in [2.75, 3.05) is 0 Å². The Labute approximate surface area is 162 Å². The summed E-state index contributed by atoms with van der Waals surface area (Å²) in [6.45, 7) is 7.63. The van der Waals surface area contributed by atoms with E-state index in [0.29, 0.717) is 21.3 Å². The molecule has 0 atom stereocenters. The summed E-state index contributed by atoms with van der Waals surface area (Å²) in [7, 11) is 0. The van der Waals surface area contributed by atoms with Crippen LogP contribution in [0.2, 0.25) is 10.0 Å². The topological polar surface area (TPSA) is 39.2 Å². The lowest BCUT2D eigenvalue weighted by atomic mass is 10.00. The summed E-state index contributed by atoms with van der Waals surface area (Å²) in [5.41, 5.74) is 4.63. The molecule has 134 valence electrons. The maximum absolute atomic E-state index is 12.7. The number of rotatable bonds is 3. The van der Waals surface area contributed by atoms with Crippen LogP contribution in [0.3, 0.4) is 0 Å². The van der Waals surface area contributed by atoms with Crippen molar-refractivity contribution in [3.05, 3.63) is 63.1 Å². The Morgan fingerprint density at radius 3 is 2.46 bits per heavy atom. The van der Waals surface area contributed by atoms with Gasteiger partial charge in [0, 0.05) is 16.0 Å². The Bertz CT molecular complexity index is 1010. The molecule has 1 aromatic heterocycles. The number of nitrogens with zero attached hydrogens (tertiary/aromatic N) is 1. The lowest BCUT2D eigenvalue weighted by Crippen LogP contribution is -2.13. The summed E-state index contributed by atoms with van der Waals surface area (Å²) >= 11 is 12.4.